The molecular weight excluding hydrogens is 379 g/mol. The molecule has 2 aromatic carbocycles. The summed E-state index contributed by atoms with van der Waals surface area (Å²) in [6.45, 7) is 9.40. The first-order valence-electron chi connectivity index (χ1n) is 9.05. The number of aryl methyl sites for hydroxylation is 3. The van der Waals surface area contributed by atoms with Crippen LogP contribution in [0.1, 0.15) is 42.1 Å². The zero-order valence-electron chi connectivity index (χ0n) is 17.1. The Morgan fingerprint density at radius 1 is 1.00 bits per heavy atom. The molecule has 5 nitrogen and oxygen atoms in total. The number of nitrogens with zero attached hydrogens (tertiary/aromatic N) is 1. The van der Waals surface area contributed by atoms with Gasteiger partial charge in [-0.15, -0.1) is 0 Å². The molecule has 0 radical (unpaired) electrons. The van der Waals surface area contributed by atoms with Gasteiger partial charge in [-0.3, -0.25) is 9.10 Å². The number of hydrogen-bond donors (Lipinski definition) is 1. The molecule has 0 heterocycles. The molecule has 0 aliphatic rings. The van der Waals surface area contributed by atoms with Crippen LogP contribution >= 0.6 is 0 Å². The molecule has 1 N–H and O–H groups in total. The van der Waals surface area contributed by atoms with Gasteiger partial charge in [-0.25, -0.2) is 12.8 Å². The number of sulfonamides is 1. The summed E-state index contributed by atoms with van der Waals surface area (Å²) in [5.41, 5.74) is 4.58. The number of halogens is 1. The summed E-state index contributed by atoms with van der Waals surface area (Å²) in [6, 6.07) is 7.85. The lowest BCUT2D eigenvalue weighted by molar-refractivity contribution is -0.122. The average molecular weight is 407 g/mol. The van der Waals surface area contributed by atoms with Gasteiger partial charge in [-0.2, -0.15) is 0 Å². The fraction of sp³-hybridized carbons (Fsp3) is 0.381. The largest absolute Gasteiger partial charge is 0.348 e. The van der Waals surface area contributed by atoms with Gasteiger partial charge < -0.3 is 5.32 Å². The summed E-state index contributed by atoms with van der Waals surface area (Å²) < 4.78 is 38.8. The topological polar surface area (TPSA) is 66.5 Å². The summed E-state index contributed by atoms with van der Waals surface area (Å²) >= 11 is 0. The van der Waals surface area contributed by atoms with Crippen LogP contribution in [-0.4, -0.2) is 26.6 Å². The summed E-state index contributed by atoms with van der Waals surface area (Å²) in [5.74, 6) is -0.909. The Morgan fingerprint density at radius 3 is 2.07 bits per heavy atom. The monoisotopic (exact) mass is 406 g/mol. The van der Waals surface area contributed by atoms with E-state index < -0.39 is 27.8 Å². The molecule has 0 fully saturated rings. The zero-order chi connectivity index (χ0) is 21.2. The highest BCUT2D eigenvalue weighted by Crippen LogP contribution is 2.24. The third kappa shape index (κ3) is 4.90. The molecule has 0 saturated carbocycles. The molecule has 0 spiro atoms. The standard InChI is InChI=1S/C21H27FN2O3S/c1-13-11-15(3)20(12-14(13)2)16(4)23-21(25)17(5)24(28(6,26)27)19-9-7-18(22)8-10-19/h7-12,16-17H,1-6H3,(H,23,25)/t16-,17+/m1/s1. The summed E-state index contributed by atoms with van der Waals surface area (Å²) in [4.78, 5) is 12.8. The molecule has 0 saturated heterocycles. The van der Waals surface area contributed by atoms with Crippen molar-refractivity contribution in [1.82, 2.24) is 5.32 Å². The molecule has 0 bridgehead atoms. The van der Waals surface area contributed by atoms with E-state index in [1.165, 1.54) is 36.8 Å². The van der Waals surface area contributed by atoms with Crippen LogP contribution in [0, 0.1) is 26.6 Å². The Hall–Kier alpha value is -2.41. The predicted molar refractivity (Wildman–Crippen MR) is 110 cm³/mol. The number of amides is 1. The van der Waals surface area contributed by atoms with E-state index in [1.807, 2.05) is 33.8 Å². The maximum Gasteiger partial charge on any atom is 0.244 e. The Balaban J connectivity index is 2.28. The van der Waals surface area contributed by atoms with E-state index in [2.05, 4.69) is 11.4 Å². The second-order valence-corrected chi connectivity index (χ2v) is 9.09. The van der Waals surface area contributed by atoms with Crippen molar-refractivity contribution >= 4 is 21.6 Å². The van der Waals surface area contributed by atoms with Gasteiger partial charge in [0.15, 0.2) is 0 Å². The Morgan fingerprint density at radius 2 is 1.54 bits per heavy atom. The average Bonchev–Trinajstić information content (AvgIpc) is 2.58. The fourth-order valence-corrected chi connectivity index (χ4v) is 4.43. The van der Waals surface area contributed by atoms with Crippen LogP contribution in [0.25, 0.3) is 0 Å². The molecule has 0 aromatic heterocycles. The second-order valence-electron chi connectivity index (χ2n) is 7.23. The van der Waals surface area contributed by atoms with Crippen LogP contribution in [0.15, 0.2) is 36.4 Å². The normalized spacial score (nSPS) is 13.7. The van der Waals surface area contributed by atoms with Crippen LogP contribution in [-0.2, 0) is 14.8 Å². The van der Waals surface area contributed by atoms with Crippen LogP contribution in [0.3, 0.4) is 0 Å². The van der Waals surface area contributed by atoms with Crippen molar-refractivity contribution < 1.29 is 17.6 Å². The van der Waals surface area contributed by atoms with Gasteiger partial charge in [0.1, 0.15) is 11.9 Å². The molecule has 152 valence electrons. The van der Waals surface area contributed by atoms with Crippen molar-refractivity contribution in [3.05, 3.63) is 64.5 Å². The number of rotatable bonds is 6. The zero-order valence-corrected chi connectivity index (χ0v) is 17.9. The van der Waals surface area contributed by atoms with E-state index in [0.29, 0.717) is 0 Å². The first-order chi connectivity index (χ1) is 12.9. The van der Waals surface area contributed by atoms with Crippen molar-refractivity contribution in [1.29, 1.82) is 0 Å². The Kier molecular flexibility index (Phi) is 6.49. The van der Waals surface area contributed by atoms with Gasteiger partial charge in [0.2, 0.25) is 15.9 Å². The highest BCUT2D eigenvalue weighted by atomic mass is 32.2. The van der Waals surface area contributed by atoms with Crippen LogP contribution in [0.5, 0.6) is 0 Å². The number of anilines is 1. The third-order valence-electron chi connectivity index (χ3n) is 4.88. The minimum absolute atomic E-state index is 0.238. The minimum Gasteiger partial charge on any atom is -0.348 e. The lowest BCUT2D eigenvalue weighted by atomic mass is 9.96. The van der Waals surface area contributed by atoms with Crippen LogP contribution < -0.4 is 9.62 Å². The molecule has 7 heteroatoms. The maximum atomic E-state index is 13.2. The molecule has 2 atom stereocenters. The quantitative estimate of drug-likeness (QED) is 0.794. The highest BCUT2D eigenvalue weighted by Gasteiger charge is 2.30. The van der Waals surface area contributed by atoms with Gasteiger partial charge in [0.25, 0.3) is 0 Å². The lowest BCUT2D eigenvalue weighted by Gasteiger charge is -2.29. The molecular formula is C21H27FN2O3S. The van der Waals surface area contributed by atoms with Crippen molar-refractivity contribution in [3.63, 3.8) is 0 Å². The maximum absolute atomic E-state index is 13.2. The summed E-state index contributed by atoms with van der Waals surface area (Å²) in [5, 5.41) is 2.90. The molecule has 2 aromatic rings. The van der Waals surface area contributed by atoms with Gasteiger partial charge >= 0.3 is 0 Å². The van der Waals surface area contributed by atoms with Gasteiger partial charge in [-0.05, 0) is 81.1 Å². The van der Waals surface area contributed by atoms with Crippen LogP contribution in [0.4, 0.5) is 10.1 Å². The van der Waals surface area contributed by atoms with E-state index in [-0.39, 0.29) is 11.7 Å². The number of carbonyl (C=O) groups is 1. The lowest BCUT2D eigenvalue weighted by Crippen LogP contribution is -2.48. The highest BCUT2D eigenvalue weighted by molar-refractivity contribution is 7.92. The van der Waals surface area contributed by atoms with Gasteiger partial charge in [0.05, 0.1) is 18.0 Å². The van der Waals surface area contributed by atoms with E-state index >= 15 is 0 Å². The fourth-order valence-electron chi connectivity index (χ4n) is 3.26. The summed E-state index contributed by atoms with van der Waals surface area (Å²) in [7, 11) is -3.75. The third-order valence-corrected chi connectivity index (χ3v) is 6.12. The van der Waals surface area contributed by atoms with E-state index in [1.54, 1.807) is 0 Å². The van der Waals surface area contributed by atoms with Crippen molar-refractivity contribution in [2.45, 2.75) is 46.7 Å². The minimum atomic E-state index is -3.75. The number of carbonyl (C=O) groups excluding carboxylic acids is 1. The first kappa shape index (κ1) is 21.9. The smallest absolute Gasteiger partial charge is 0.244 e. The predicted octanol–water partition coefficient (Wildman–Crippen LogP) is 3.78. The number of hydrogen-bond acceptors (Lipinski definition) is 3. The molecule has 0 aliphatic carbocycles. The van der Waals surface area contributed by atoms with E-state index in [4.69, 9.17) is 0 Å². The molecule has 0 unspecified atom stereocenters. The molecule has 1 amide bonds. The van der Waals surface area contributed by atoms with E-state index in [9.17, 15) is 17.6 Å². The SMILES string of the molecule is Cc1cc(C)c([C@@H](C)NC(=O)[C@H](C)N(c2ccc(F)cc2)S(C)(=O)=O)cc1C. The Labute approximate surface area is 166 Å². The summed E-state index contributed by atoms with van der Waals surface area (Å²) in [6.07, 6.45) is 1.02. The number of benzene rings is 2. The van der Waals surface area contributed by atoms with Crippen molar-refractivity contribution in [2.24, 2.45) is 0 Å². The van der Waals surface area contributed by atoms with Crippen molar-refractivity contribution in [2.75, 3.05) is 10.6 Å². The van der Waals surface area contributed by atoms with Gasteiger partial charge in [-0.1, -0.05) is 12.1 Å². The van der Waals surface area contributed by atoms with Gasteiger partial charge in [0, 0.05) is 0 Å². The van der Waals surface area contributed by atoms with Crippen molar-refractivity contribution in [3.8, 4) is 0 Å². The number of nitrogens with one attached hydrogen (secondary N) is 1. The molecule has 28 heavy (non-hydrogen) atoms. The first-order valence-corrected chi connectivity index (χ1v) is 10.9. The second kappa shape index (κ2) is 8.31. The molecule has 0 aliphatic heterocycles. The van der Waals surface area contributed by atoms with E-state index in [0.717, 1.165) is 27.3 Å². The Bertz CT molecular complexity index is 972. The molecule has 2 rings (SSSR count). The van der Waals surface area contributed by atoms with Crippen LogP contribution in [0.2, 0.25) is 0 Å².